The summed E-state index contributed by atoms with van der Waals surface area (Å²) in [4.78, 5) is 16.4. The van der Waals surface area contributed by atoms with E-state index in [2.05, 4.69) is 23.6 Å². The fraction of sp³-hybridized carbons (Fsp3) is 0.941. The molecule has 0 amide bonds. The molecule has 0 saturated carbocycles. The lowest BCUT2D eigenvalue weighted by Crippen LogP contribution is -2.40. The van der Waals surface area contributed by atoms with E-state index in [-0.39, 0.29) is 0 Å². The second kappa shape index (κ2) is 8.54. The number of piperidine rings is 2. The quantitative estimate of drug-likeness (QED) is 0.778. The molecule has 122 valence electrons. The van der Waals surface area contributed by atoms with Crippen LogP contribution in [-0.2, 0) is 4.79 Å². The molecule has 2 fully saturated rings. The van der Waals surface area contributed by atoms with Gasteiger partial charge >= 0.3 is 0 Å². The molecule has 0 aromatic heterocycles. The predicted molar refractivity (Wildman–Crippen MR) is 91.7 cm³/mol. The van der Waals surface area contributed by atoms with E-state index in [4.69, 9.17) is 0 Å². The number of hydrogen-bond donors (Lipinski definition) is 0. The van der Waals surface area contributed by atoms with Gasteiger partial charge in [0.15, 0.2) is 0 Å². The van der Waals surface area contributed by atoms with E-state index in [9.17, 15) is 4.79 Å². The van der Waals surface area contributed by atoms with Gasteiger partial charge in [0.05, 0.1) is 6.54 Å². The Morgan fingerprint density at radius 2 is 1.57 bits per heavy atom. The number of carbonyl (C=O) groups is 1. The van der Waals surface area contributed by atoms with E-state index in [0.29, 0.717) is 17.7 Å². The zero-order chi connectivity index (χ0) is 15.2. The second-order valence-corrected chi connectivity index (χ2v) is 7.97. The van der Waals surface area contributed by atoms with Gasteiger partial charge < -0.3 is 4.90 Å². The van der Waals surface area contributed by atoms with Crippen molar-refractivity contribution >= 4 is 16.9 Å². The molecule has 2 aliphatic heterocycles. The van der Waals surface area contributed by atoms with Crippen molar-refractivity contribution < 1.29 is 4.79 Å². The van der Waals surface area contributed by atoms with Gasteiger partial charge in [-0.15, -0.1) is 0 Å². The summed E-state index contributed by atoms with van der Waals surface area (Å²) < 4.78 is 0. The molecule has 0 aromatic rings. The van der Waals surface area contributed by atoms with Gasteiger partial charge in [0.2, 0.25) is 5.12 Å². The molecule has 0 radical (unpaired) electrons. The molecule has 2 saturated heterocycles. The topological polar surface area (TPSA) is 23.6 Å². The van der Waals surface area contributed by atoms with Crippen LogP contribution in [0.15, 0.2) is 0 Å². The van der Waals surface area contributed by atoms with Crippen LogP contribution in [0.3, 0.4) is 0 Å². The Kier molecular flexibility index (Phi) is 7.03. The summed E-state index contributed by atoms with van der Waals surface area (Å²) >= 11 is 1.36. The summed E-state index contributed by atoms with van der Waals surface area (Å²) in [5, 5.41) is 0.314. The molecule has 0 aromatic carbocycles. The molecule has 0 spiro atoms. The molecule has 0 aliphatic carbocycles. The van der Waals surface area contributed by atoms with Crippen LogP contribution in [0.2, 0.25) is 0 Å². The van der Waals surface area contributed by atoms with Gasteiger partial charge in [0.1, 0.15) is 0 Å². The summed E-state index contributed by atoms with van der Waals surface area (Å²) in [6.07, 6.45) is 8.69. The van der Waals surface area contributed by atoms with Crippen molar-refractivity contribution in [3.63, 3.8) is 0 Å². The molecule has 4 heteroatoms. The van der Waals surface area contributed by atoms with Gasteiger partial charge in [0.25, 0.3) is 0 Å². The van der Waals surface area contributed by atoms with Crippen molar-refractivity contribution in [1.82, 2.24) is 9.80 Å². The Labute approximate surface area is 134 Å². The van der Waals surface area contributed by atoms with Crippen LogP contribution < -0.4 is 0 Å². The molecule has 3 nitrogen and oxygen atoms in total. The summed E-state index contributed by atoms with van der Waals surface area (Å²) in [6, 6.07) is 0.711. The van der Waals surface area contributed by atoms with Gasteiger partial charge in [-0.2, -0.15) is 0 Å². The second-order valence-electron chi connectivity index (χ2n) is 7.10. The van der Waals surface area contributed by atoms with Crippen molar-refractivity contribution in [3.8, 4) is 0 Å². The molecule has 0 atom stereocenters. The van der Waals surface area contributed by atoms with Gasteiger partial charge in [-0.25, -0.2) is 0 Å². The smallest absolute Gasteiger partial charge is 0.202 e. The summed E-state index contributed by atoms with van der Waals surface area (Å²) in [5.41, 5.74) is 0. The van der Waals surface area contributed by atoms with E-state index in [1.807, 2.05) is 6.26 Å². The molecule has 0 bridgehead atoms. The number of rotatable bonds is 5. The monoisotopic (exact) mass is 312 g/mol. The van der Waals surface area contributed by atoms with Crippen LogP contribution in [0, 0.1) is 11.8 Å². The van der Waals surface area contributed by atoms with Crippen LogP contribution >= 0.6 is 11.8 Å². The number of likely N-dealkylation sites (tertiary alicyclic amines) is 2. The average Bonchev–Trinajstić information content (AvgIpc) is 2.49. The molecule has 0 N–H and O–H groups in total. The zero-order valence-electron chi connectivity index (χ0n) is 14.0. The number of nitrogens with zero attached hydrogens (tertiary/aromatic N) is 2. The van der Waals surface area contributed by atoms with Crippen LogP contribution in [0.5, 0.6) is 0 Å². The summed E-state index contributed by atoms with van der Waals surface area (Å²) in [6.45, 7) is 10.1. The molecular weight excluding hydrogens is 280 g/mol. The third kappa shape index (κ3) is 5.57. The number of thioether (sulfide) groups is 1. The van der Waals surface area contributed by atoms with Crippen molar-refractivity contribution in [3.05, 3.63) is 0 Å². The summed E-state index contributed by atoms with van der Waals surface area (Å²) in [7, 11) is 0. The van der Waals surface area contributed by atoms with Crippen molar-refractivity contribution in [1.29, 1.82) is 0 Å². The lowest BCUT2D eigenvalue weighted by Gasteiger charge is -2.37. The third-order valence-corrected chi connectivity index (χ3v) is 5.92. The molecular formula is C17H32N2OS. The Morgan fingerprint density at radius 1 is 1.05 bits per heavy atom. The van der Waals surface area contributed by atoms with Crippen LogP contribution in [-0.4, -0.2) is 59.9 Å². The third-order valence-electron chi connectivity index (χ3n) is 5.33. The number of hydrogen-bond acceptors (Lipinski definition) is 4. The van der Waals surface area contributed by atoms with Gasteiger partial charge in [-0.05, 0) is 90.2 Å². The molecule has 2 aliphatic rings. The van der Waals surface area contributed by atoms with Gasteiger partial charge in [-0.3, -0.25) is 9.69 Å². The first-order valence-electron chi connectivity index (χ1n) is 8.61. The lowest BCUT2D eigenvalue weighted by atomic mass is 9.82. The molecule has 21 heavy (non-hydrogen) atoms. The molecule has 2 heterocycles. The van der Waals surface area contributed by atoms with Crippen molar-refractivity contribution in [2.24, 2.45) is 11.8 Å². The van der Waals surface area contributed by atoms with Gasteiger partial charge in [-0.1, -0.05) is 11.8 Å². The Hall–Kier alpha value is -0.0600. The minimum absolute atomic E-state index is 0.314. The minimum Gasteiger partial charge on any atom is -0.301 e. The number of carbonyl (C=O) groups excluding carboxylic acids is 1. The first-order valence-corrected chi connectivity index (χ1v) is 9.84. The standard InChI is InChI=1S/C17H32N2OS/c1-14(2)19-10-6-16(7-11-19)12-15-4-8-18(9-5-15)13-17(20)21-3/h14-16H,4-13H2,1-3H3. The first-order chi connectivity index (χ1) is 10.1. The minimum atomic E-state index is 0.314. The van der Waals surface area contributed by atoms with E-state index in [0.717, 1.165) is 24.9 Å². The average molecular weight is 313 g/mol. The maximum atomic E-state index is 11.5. The Balaban J connectivity index is 1.64. The highest BCUT2D eigenvalue weighted by molar-refractivity contribution is 8.13. The highest BCUT2D eigenvalue weighted by atomic mass is 32.2. The van der Waals surface area contributed by atoms with Crippen molar-refractivity contribution in [2.75, 3.05) is 39.0 Å². The normalized spacial score (nSPS) is 23.8. The SMILES string of the molecule is CSC(=O)CN1CCC(CC2CCN(C(C)C)CC2)CC1. The van der Waals surface area contributed by atoms with E-state index < -0.39 is 0 Å². The summed E-state index contributed by atoms with van der Waals surface area (Å²) in [5.74, 6) is 1.85. The first kappa shape index (κ1) is 17.3. The Bertz CT molecular complexity index is 319. The fourth-order valence-electron chi connectivity index (χ4n) is 3.80. The largest absolute Gasteiger partial charge is 0.301 e. The highest BCUT2D eigenvalue weighted by Gasteiger charge is 2.26. The van der Waals surface area contributed by atoms with Crippen molar-refractivity contribution in [2.45, 2.75) is 52.0 Å². The van der Waals surface area contributed by atoms with Crippen LogP contribution in [0.4, 0.5) is 0 Å². The van der Waals surface area contributed by atoms with Crippen LogP contribution in [0.25, 0.3) is 0 Å². The molecule has 0 unspecified atom stereocenters. The molecule has 2 rings (SSSR count). The van der Waals surface area contributed by atoms with E-state index >= 15 is 0 Å². The Morgan fingerprint density at radius 3 is 2.05 bits per heavy atom. The van der Waals surface area contributed by atoms with Gasteiger partial charge in [0, 0.05) is 6.04 Å². The van der Waals surface area contributed by atoms with E-state index in [1.54, 1.807) is 0 Å². The zero-order valence-corrected chi connectivity index (χ0v) is 14.8. The maximum Gasteiger partial charge on any atom is 0.202 e. The lowest BCUT2D eigenvalue weighted by molar-refractivity contribution is -0.112. The predicted octanol–water partition coefficient (Wildman–Crippen LogP) is 3.10. The fourth-order valence-corrected chi connectivity index (χ4v) is 4.12. The van der Waals surface area contributed by atoms with E-state index in [1.165, 1.54) is 57.0 Å². The van der Waals surface area contributed by atoms with Crippen LogP contribution in [0.1, 0.15) is 46.0 Å². The highest BCUT2D eigenvalue weighted by Crippen LogP contribution is 2.30. The maximum absolute atomic E-state index is 11.5.